The third-order valence-electron chi connectivity index (χ3n) is 4.82. The van der Waals surface area contributed by atoms with Crippen LogP contribution >= 0.6 is 11.3 Å². The van der Waals surface area contributed by atoms with Gasteiger partial charge in [0.05, 0.1) is 5.39 Å². The number of benzene rings is 1. The molecule has 1 aliphatic carbocycles. The minimum absolute atomic E-state index is 0.00117. The lowest BCUT2D eigenvalue weighted by Gasteiger charge is -2.17. The van der Waals surface area contributed by atoms with Crippen molar-refractivity contribution in [1.82, 2.24) is 9.97 Å². The first kappa shape index (κ1) is 15.4. The van der Waals surface area contributed by atoms with E-state index in [4.69, 9.17) is 4.98 Å². The molecule has 0 fully saturated rings. The van der Waals surface area contributed by atoms with Crippen LogP contribution in [-0.2, 0) is 12.8 Å². The molecule has 124 valence electrons. The molecule has 24 heavy (non-hydrogen) atoms. The minimum atomic E-state index is -0.00117. The smallest absolute Gasteiger partial charge is 0.260 e. The molecule has 4 rings (SSSR count). The van der Waals surface area contributed by atoms with Gasteiger partial charge in [-0.3, -0.25) is 4.79 Å². The first-order valence-corrected chi connectivity index (χ1v) is 9.17. The third kappa shape index (κ3) is 2.53. The Morgan fingerprint density at radius 1 is 1.25 bits per heavy atom. The van der Waals surface area contributed by atoms with Crippen molar-refractivity contribution in [3.05, 3.63) is 45.1 Å². The highest BCUT2D eigenvalue weighted by molar-refractivity contribution is 7.18. The zero-order valence-electron chi connectivity index (χ0n) is 14.2. The third-order valence-corrected chi connectivity index (χ3v) is 5.97. The van der Waals surface area contributed by atoms with Crippen LogP contribution in [0, 0.1) is 5.92 Å². The molecule has 2 aromatic heterocycles. The Morgan fingerprint density at radius 2 is 2.00 bits per heavy atom. The Kier molecular flexibility index (Phi) is 3.68. The van der Waals surface area contributed by atoms with Crippen molar-refractivity contribution in [2.24, 2.45) is 5.92 Å². The fourth-order valence-electron chi connectivity index (χ4n) is 3.40. The van der Waals surface area contributed by atoms with Gasteiger partial charge in [0.25, 0.3) is 5.56 Å². The fraction of sp³-hybridized carbons (Fsp3) is 0.368. The van der Waals surface area contributed by atoms with Gasteiger partial charge >= 0.3 is 0 Å². The average molecular weight is 339 g/mol. The van der Waals surface area contributed by atoms with E-state index in [1.54, 1.807) is 11.3 Å². The number of H-pyrrole nitrogens is 1. The van der Waals surface area contributed by atoms with Crippen LogP contribution in [0.15, 0.2) is 29.1 Å². The molecule has 0 saturated carbocycles. The minimum Gasteiger partial charge on any atom is -0.378 e. The molecule has 3 aromatic rings. The van der Waals surface area contributed by atoms with Crippen molar-refractivity contribution in [2.75, 3.05) is 19.0 Å². The van der Waals surface area contributed by atoms with Crippen molar-refractivity contribution in [3.63, 3.8) is 0 Å². The first-order valence-electron chi connectivity index (χ1n) is 8.35. The maximum atomic E-state index is 12.7. The van der Waals surface area contributed by atoms with Crippen LogP contribution in [0.25, 0.3) is 21.6 Å². The number of hydrogen-bond acceptors (Lipinski definition) is 4. The molecule has 1 N–H and O–H groups in total. The highest BCUT2D eigenvalue weighted by Crippen LogP contribution is 2.36. The Labute approximate surface area is 145 Å². The maximum absolute atomic E-state index is 12.7. The quantitative estimate of drug-likeness (QED) is 0.772. The second-order valence-corrected chi connectivity index (χ2v) is 7.97. The summed E-state index contributed by atoms with van der Waals surface area (Å²) in [4.78, 5) is 24.7. The molecule has 0 radical (unpaired) electrons. The summed E-state index contributed by atoms with van der Waals surface area (Å²) in [5.41, 5.74) is 3.30. The summed E-state index contributed by atoms with van der Waals surface area (Å²) in [5, 5.41) is 0.815. The van der Waals surface area contributed by atoms with Crippen LogP contribution < -0.4 is 10.5 Å². The van der Waals surface area contributed by atoms with E-state index in [0.717, 1.165) is 40.7 Å². The molecule has 1 aromatic carbocycles. The van der Waals surface area contributed by atoms with E-state index >= 15 is 0 Å². The number of rotatable bonds is 2. The van der Waals surface area contributed by atoms with Gasteiger partial charge in [-0.05, 0) is 55.0 Å². The standard InChI is InChI=1S/C19H21N3OS/c1-11-4-9-14-15(10-11)24-19-16(14)18(23)20-17(21-19)12-5-7-13(8-6-12)22(2)3/h5-8,11H,4,9-10H2,1-3H3,(H,20,21,23). The molecule has 2 heterocycles. The molecule has 1 unspecified atom stereocenters. The number of aromatic nitrogens is 2. The molecular weight excluding hydrogens is 318 g/mol. The van der Waals surface area contributed by atoms with E-state index in [0.29, 0.717) is 11.7 Å². The summed E-state index contributed by atoms with van der Waals surface area (Å²) in [7, 11) is 4.02. The zero-order chi connectivity index (χ0) is 16.8. The van der Waals surface area contributed by atoms with Crippen molar-refractivity contribution in [2.45, 2.75) is 26.2 Å². The van der Waals surface area contributed by atoms with Gasteiger partial charge in [0.15, 0.2) is 0 Å². The molecule has 1 atom stereocenters. The molecule has 4 nitrogen and oxygen atoms in total. The zero-order valence-corrected chi connectivity index (χ0v) is 15.0. The van der Waals surface area contributed by atoms with E-state index in [1.165, 1.54) is 10.4 Å². The largest absolute Gasteiger partial charge is 0.378 e. The van der Waals surface area contributed by atoms with Gasteiger partial charge in [0, 0.05) is 30.2 Å². The summed E-state index contributed by atoms with van der Waals surface area (Å²) in [6, 6.07) is 8.10. The van der Waals surface area contributed by atoms with Gasteiger partial charge in [0.2, 0.25) is 0 Å². The van der Waals surface area contributed by atoms with Crippen molar-refractivity contribution < 1.29 is 0 Å². The van der Waals surface area contributed by atoms with Gasteiger partial charge in [-0.15, -0.1) is 11.3 Å². The lowest BCUT2D eigenvalue weighted by molar-refractivity contribution is 0.509. The second kappa shape index (κ2) is 5.74. The number of fused-ring (bicyclic) bond motifs is 3. The summed E-state index contributed by atoms with van der Waals surface area (Å²) in [6.45, 7) is 2.28. The van der Waals surface area contributed by atoms with Crippen LogP contribution in [0.2, 0.25) is 0 Å². The molecule has 0 saturated heterocycles. The highest BCUT2D eigenvalue weighted by atomic mass is 32.1. The normalized spacial score (nSPS) is 17.0. The highest BCUT2D eigenvalue weighted by Gasteiger charge is 2.23. The number of aryl methyl sites for hydroxylation is 1. The number of anilines is 1. The van der Waals surface area contributed by atoms with E-state index < -0.39 is 0 Å². The number of thiophene rings is 1. The van der Waals surface area contributed by atoms with Crippen LogP contribution in [-0.4, -0.2) is 24.1 Å². The lowest BCUT2D eigenvalue weighted by Crippen LogP contribution is -2.13. The number of aromatic amines is 1. The van der Waals surface area contributed by atoms with Crippen molar-refractivity contribution in [3.8, 4) is 11.4 Å². The van der Waals surface area contributed by atoms with Crippen molar-refractivity contribution >= 4 is 27.2 Å². The Balaban J connectivity index is 1.82. The van der Waals surface area contributed by atoms with Crippen LogP contribution in [0.4, 0.5) is 5.69 Å². The fourth-order valence-corrected chi connectivity index (χ4v) is 4.79. The van der Waals surface area contributed by atoms with Gasteiger partial charge in [-0.25, -0.2) is 4.98 Å². The van der Waals surface area contributed by atoms with E-state index in [-0.39, 0.29) is 5.56 Å². The van der Waals surface area contributed by atoms with Gasteiger partial charge in [-0.1, -0.05) is 6.92 Å². The summed E-state index contributed by atoms with van der Waals surface area (Å²) >= 11 is 1.70. The van der Waals surface area contributed by atoms with E-state index in [2.05, 4.69) is 16.8 Å². The van der Waals surface area contributed by atoms with Gasteiger partial charge < -0.3 is 9.88 Å². The van der Waals surface area contributed by atoms with Gasteiger partial charge in [0.1, 0.15) is 10.7 Å². The molecule has 1 aliphatic rings. The summed E-state index contributed by atoms with van der Waals surface area (Å²) in [6.07, 6.45) is 3.23. The monoisotopic (exact) mass is 339 g/mol. The number of nitrogens with one attached hydrogen (secondary N) is 1. The van der Waals surface area contributed by atoms with Crippen LogP contribution in [0.3, 0.4) is 0 Å². The average Bonchev–Trinajstić information content (AvgIpc) is 2.92. The van der Waals surface area contributed by atoms with Gasteiger partial charge in [-0.2, -0.15) is 0 Å². The molecule has 0 aliphatic heterocycles. The summed E-state index contributed by atoms with van der Waals surface area (Å²) in [5.74, 6) is 1.35. The molecule has 5 heteroatoms. The molecule has 0 spiro atoms. The predicted molar refractivity (Wildman–Crippen MR) is 101 cm³/mol. The van der Waals surface area contributed by atoms with Crippen LogP contribution in [0.5, 0.6) is 0 Å². The van der Waals surface area contributed by atoms with E-state index in [9.17, 15) is 4.79 Å². The Bertz CT molecular complexity index is 953. The van der Waals surface area contributed by atoms with Crippen molar-refractivity contribution in [1.29, 1.82) is 0 Å². The Morgan fingerprint density at radius 3 is 2.71 bits per heavy atom. The second-order valence-electron chi connectivity index (χ2n) is 6.89. The SMILES string of the molecule is CC1CCc2c(sc3nc(-c4ccc(N(C)C)cc4)[nH]c(=O)c23)C1. The number of hydrogen-bond donors (Lipinski definition) is 1. The number of nitrogens with zero attached hydrogens (tertiary/aromatic N) is 2. The van der Waals surface area contributed by atoms with E-state index in [1.807, 2.05) is 38.4 Å². The maximum Gasteiger partial charge on any atom is 0.260 e. The molecule has 0 bridgehead atoms. The predicted octanol–water partition coefficient (Wildman–Crippen LogP) is 3.84. The molecule has 0 amide bonds. The topological polar surface area (TPSA) is 49.0 Å². The van der Waals surface area contributed by atoms with Crippen LogP contribution in [0.1, 0.15) is 23.8 Å². The first-order chi connectivity index (χ1) is 11.5. The Hall–Kier alpha value is -2.14. The summed E-state index contributed by atoms with van der Waals surface area (Å²) < 4.78 is 0. The lowest BCUT2D eigenvalue weighted by atomic mass is 9.89. The molecular formula is C19H21N3OS.